The zero-order valence-corrected chi connectivity index (χ0v) is 40.4. The van der Waals surface area contributed by atoms with E-state index in [0.29, 0.717) is 74.9 Å². The summed E-state index contributed by atoms with van der Waals surface area (Å²) in [6.07, 6.45) is 5.23. The molecule has 3 aromatic carbocycles. The standard InChI is InChI=1S/C50H57ClN8O9S/c1-50(2)14-12-35(42(27-50)33-4-6-36(51)7-5-33)28-55-17-19-56(20-18-55)37-8-10-41(43(25-37)58-16-3-22-67-49-45(58)24-34-13-15-52-47(34)53-49)48(60)54-69(63,64)40-9-11-46(44(26-40)59(61)62)68-32-39-29-57(21-23-66-39)38-30-65-31-38/h4-11,13,15,24-26,38-39H,3,12,14,16-23,27-32H2,1-2H3,(H,52,53)(H,54,60)/t39-/m0/s1. The summed E-state index contributed by atoms with van der Waals surface area (Å²) in [6, 6.07) is 21.1. The molecule has 3 fully saturated rings. The molecule has 17 nitrogen and oxygen atoms in total. The number of ether oxygens (including phenoxy) is 4. The number of morpholine rings is 1. The Morgan fingerprint density at radius 1 is 0.986 bits per heavy atom. The van der Waals surface area contributed by atoms with E-state index in [1.165, 1.54) is 28.8 Å². The van der Waals surface area contributed by atoms with E-state index in [1.54, 1.807) is 12.3 Å². The highest BCUT2D eigenvalue weighted by molar-refractivity contribution is 7.90. The number of pyridine rings is 1. The number of H-pyrrole nitrogens is 1. The van der Waals surface area contributed by atoms with Crippen molar-refractivity contribution in [2.75, 3.05) is 95.2 Å². The molecule has 0 unspecified atom stereocenters. The van der Waals surface area contributed by atoms with Crippen LogP contribution in [-0.2, 0) is 19.5 Å². The summed E-state index contributed by atoms with van der Waals surface area (Å²) in [6.45, 7) is 12.7. The van der Waals surface area contributed by atoms with E-state index in [-0.39, 0.29) is 29.4 Å². The first-order chi connectivity index (χ1) is 33.3. The van der Waals surface area contributed by atoms with E-state index in [4.69, 9.17) is 35.5 Å². The Bertz CT molecular complexity index is 2880. The molecule has 5 aliphatic rings. The van der Waals surface area contributed by atoms with Crippen LogP contribution >= 0.6 is 11.6 Å². The number of hydrogen-bond donors (Lipinski definition) is 2. The Balaban J connectivity index is 0.899. The maximum absolute atomic E-state index is 14.5. The lowest BCUT2D eigenvalue weighted by atomic mass is 9.72. The molecule has 1 atom stereocenters. The van der Waals surface area contributed by atoms with Gasteiger partial charge in [-0.05, 0) is 96.8 Å². The number of hydrogen-bond acceptors (Lipinski definition) is 14. The summed E-state index contributed by atoms with van der Waals surface area (Å²) < 4.78 is 53.5. The van der Waals surface area contributed by atoms with Crippen molar-refractivity contribution in [3.63, 3.8) is 0 Å². The quantitative estimate of drug-likeness (QED) is 0.0877. The second kappa shape index (κ2) is 19.6. The molecular formula is C50H57ClN8O9S. The van der Waals surface area contributed by atoms with Gasteiger partial charge >= 0.3 is 5.69 Å². The lowest BCUT2D eigenvalue weighted by Gasteiger charge is -2.41. The number of piperazine rings is 1. The van der Waals surface area contributed by atoms with Crippen molar-refractivity contribution >= 4 is 66.9 Å². The van der Waals surface area contributed by atoms with Crippen molar-refractivity contribution in [3.8, 4) is 11.6 Å². The molecular weight excluding hydrogens is 924 g/mol. The van der Waals surface area contributed by atoms with Crippen molar-refractivity contribution in [1.82, 2.24) is 24.5 Å². The van der Waals surface area contributed by atoms with Crippen molar-refractivity contribution in [1.29, 1.82) is 0 Å². The number of benzene rings is 3. The van der Waals surface area contributed by atoms with Crippen molar-refractivity contribution in [2.24, 2.45) is 5.41 Å². The number of sulfonamides is 1. The second-order valence-corrected chi connectivity index (χ2v) is 21.4. The third-order valence-electron chi connectivity index (χ3n) is 14.0. The summed E-state index contributed by atoms with van der Waals surface area (Å²) in [5, 5.41) is 13.9. The third kappa shape index (κ3) is 10.3. The van der Waals surface area contributed by atoms with Gasteiger partial charge in [-0.25, -0.2) is 13.1 Å². The smallest absolute Gasteiger partial charge is 0.312 e. The molecule has 2 N–H and O–H groups in total. The molecule has 1 aliphatic carbocycles. The van der Waals surface area contributed by atoms with Gasteiger partial charge < -0.3 is 33.7 Å². The molecule has 0 spiro atoms. The minimum absolute atomic E-state index is 0.0286. The summed E-state index contributed by atoms with van der Waals surface area (Å²) >= 11 is 6.28. The number of nitro groups is 1. The van der Waals surface area contributed by atoms with Crippen LogP contribution in [0.15, 0.2) is 89.5 Å². The third-order valence-corrected chi connectivity index (χ3v) is 15.6. The van der Waals surface area contributed by atoms with Gasteiger partial charge in [0.2, 0.25) is 5.88 Å². The molecule has 2 aromatic heterocycles. The highest BCUT2D eigenvalue weighted by Gasteiger charge is 2.34. The van der Waals surface area contributed by atoms with Crippen LogP contribution in [0.4, 0.5) is 22.7 Å². The van der Waals surface area contributed by atoms with Gasteiger partial charge in [-0.1, -0.05) is 43.2 Å². The number of aromatic amines is 1. The Labute approximate surface area is 406 Å². The number of halogens is 1. The average Bonchev–Trinajstić information content (AvgIpc) is 3.68. The highest BCUT2D eigenvalue weighted by atomic mass is 35.5. The van der Waals surface area contributed by atoms with E-state index in [1.807, 2.05) is 41.3 Å². The van der Waals surface area contributed by atoms with Gasteiger partial charge in [0.1, 0.15) is 24.0 Å². The van der Waals surface area contributed by atoms with Gasteiger partial charge in [0.25, 0.3) is 15.9 Å². The topological polar surface area (TPSA) is 185 Å². The first-order valence-corrected chi connectivity index (χ1v) is 25.5. The van der Waals surface area contributed by atoms with Crippen LogP contribution in [0.25, 0.3) is 16.6 Å². The predicted octanol–water partition coefficient (Wildman–Crippen LogP) is 7.43. The van der Waals surface area contributed by atoms with Gasteiger partial charge in [-0.2, -0.15) is 4.98 Å². The summed E-state index contributed by atoms with van der Waals surface area (Å²) in [7, 11) is -4.63. The van der Waals surface area contributed by atoms with Crippen LogP contribution in [0.3, 0.4) is 0 Å². The molecule has 0 radical (unpaired) electrons. The van der Waals surface area contributed by atoms with E-state index < -0.39 is 31.4 Å². The minimum atomic E-state index is -4.63. The summed E-state index contributed by atoms with van der Waals surface area (Å²) in [4.78, 5) is 42.5. The fourth-order valence-electron chi connectivity index (χ4n) is 10.0. The highest BCUT2D eigenvalue weighted by Crippen LogP contribution is 2.44. The van der Waals surface area contributed by atoms with Crippen LogP contribution in [0.1, 0.15) is 55.5 Å². The second-order valence-electron chi connectivity index (χ2n) is 19.3. The monoisotopic (exact) mass is 980 g/mol. The van der Waals surface area contributed by atoms with Gasteiger partial charge in [0, 0.05) is 80.7 Å². The van der Waals surface area contributed by atoms with Crippen LogP contribution in [-0.4, -0.2) is 137 Å². The van der Waals surface area contributed by atoms with E-state index >= 15 is 0 Å². The lowest BCUT2D eigenvalue weighted by molar-refractivity contribution is -0.386. The molecule has 69 heavy (non-hydrogen) atoms. The van der Waals surface area contributed by atoms with Gasteiger partial charge in [0.05, 0.1) is 53.5 Å². The Hall–Kier alpha value is -5.76. The largest absolute Gasteiger partial charge is 0.484 e. The number of nitrogens with one attached hydrogen (secondary N) is 2. The van der Waals surface area contributed by atoms with Crippen molar-refractivity contribution < 1.29 is 37.1 Å². The Morgan fingerprint density at radius 2 is 1.80 bits per heavy atom. The van der Waals surface area contributed by atoms with Crippen molar-refractivity contribution in [3.05, 3.63) is 111 Å². The maximum Gasteiger partial charge on any atom is 0.312 e. The number of anilines is 3. The van der Waals surface area contributed by atoms with Gasteiger partial charge in [0.15, 0.2) is 5.75 Å². The van der Waals surface area contributed by atoms with Gasteiger partial charge in [-0.15, -0.1) is 0 Å². The SMILES string of the molecule is CC1(C)CCC(CN2CCN(c3ccc(C(=O)NS(=O)(=O)c4ccc(OC[C@@H]5CN(C6COC6)CCO5)c([N+](=O)[O-])c4)c(N4CCCOc5nc6[nH]ccc6cc54)c3)CC2)=C(c2ccc(Cl)cc2)C1. The van der Waals surface area contributed by atoms with Crippen molar-refractivity contribution in [2.45, 2.75) is 56.6 Å². The fraction of sp³-hybridized carbons (Fsp3) is 0.440. The number of fused-ring (bicyclic) bond motifs is 2. The van der Waals surface area contributed by atoms with Crippen LogP contribution in [0.2, 0.25) is 5.02 Å². The molecule has 5 aromatic rings. The predicted molar refractivity (Wildman–Crippen MR) is 263 cm³/mol. The molecule has 4 aliphatic heterocycles. The van der Waals surface area contributed by atoms with Crippen LogP contribution in [0.5, 0.6) is 11.6 Å². The van der Waals surface area contributed by atoms with E-state index in [9.17, 15) is 23.3 Å². The number of aromatic nitrogens is 2. The number of nitrogens with zero attached hydrogens (tertiary/aromatic N) is 6. The fourth-order valence-corrected chi connectivity index (χ4v) is 11.1. The molecule has 1 amide bonds. The maximum atomic E-state index is 14.5. The molecule has 19 heteroatoms. The zero-order chi connectivity index (χ0) is 47.9. The minimum Gasteiger partial charge on any atom is -0.484 e. The number of carbonyl (C=O) groups is 1. The normalized spacial score (nSPS) is 20.5. The first kappa shape index (κ1) is 46.9. The van der Waals surface area contributed by atoms with Crippen LogP contribution < -0.4 is 24.0 Å². The molecule has 6 heterocycles. The molecule has 0 bridgehead atoms. The number of amides is 1. The van der Waals surface area contributed by atoms with Crippen LogP contribution in [0, 0.1) is 15.5 Å². The first-order valence-electron chi connectivity index (χ1n) is 23.7. The molecule has 364 valence electrons. The molecule has 0 saturated carbocycles. The summed E-state index contributed by atoms with van der Waals surface area (Å²) in [5.41, 5.74) is 6.50. The lowest BCUT2D eigenvalue weighted by Crippen LogP contribution is -2.56. The van der Waals surface area contributed by atoms with E-state index in [2.05, 4.69) is 50.4 Å². The number of allylic oxidation sites excluding steroid dienone is 1. The zero-order valence-electron chi connectivity index (χ0n) is 38.8. The Kier molecular flexibility index (Phi) is 13.3. The average molecular weight is 982 g/mol. The Morgan fingerprint density at radius 3 is 2.57 bits per heavy atom. The number of nitro benzene ring substituents is 1. The molecule has 10 rings (SSSR count). The van der Waals surface area contributed by atoms with E-state index in [0.717, 1.165) is 80.7 Å². The summed E-state index contributed by atoms with van der Waals surface area (Å²) in [5.74, 6) is -0.626. The van der Waals surface area contributed by atoms with Gasteiger partial charge in [-0.3, -0.25) is 24.7 Å². The number of rotatable bonds is 13. The molecule has 3 saturated heterocycles. The number of carbonyl (C=O) groups excluding carboxylic acids is 1.